The Morgan fingerprint density at radius 2 is 2.12 bits per heavy atom. The van der Waals surface area contributed by atoms with Gasteiger partial charge in [0.1, 0.15) is 6.04 Å². The van der Waals surface area contributed by atoms with E-state index in [2.05, 4.69) is 0 Å². The minimum atomic E-state index is -1.01. The number of amides is 1. The summed E-state index contributed by atoms with van der Waals surface area (Å²) in [6, 6.07) is 2.69. The predicted molar refractivity (Wildman–Crippen MR) is 92.3 cm³/mol. The summed E-state index contributed by atoms with van der Waals surface area (Å²) in [5, 5.41) is 10.3. The van der Waals surface area contributed by atoms with Crippen molar-refractivity contribution in [1.82, 2.24) is 4.90 Å². The van der Waals surface area contributed by atoms with Crippen molar-refractivity contribution in [1.29, 1.82) is 0 Å². The van der Waals surface area contributed by atoms with Crippen LogP contribution in [0.2, 0.25) is 0 Å². The SMILES string of the molecule is CC(=O)SC(CC(=O)c1cccs1)CC(=O)N1CCC[C@H]1C(=O)O. The van der Waals surface area contributed by atoms with E-state index in [1.54, 1.807) is 17.5 Å². The molecule has 1 unspecified atom stereocenters. The van der Waals surface area contributed by atoms with Gasteiger partial charge in [0.25, 0.3) is 0 Å². The molecule has 2 heterocycles. The van der Waals surface area contributed by atoms with Crippen molar-refractivity contribution in [3.63, 3.8) is 0 Å². The average molecular weight is 369 g/mol. The van der Waals surface area contributed by atoms with Crippen LogP contribution in [0.5, 0.6) is 0 Å². The van der Waals surface area contributed by atoms with Gasteiger partial charge in [-0.05, 0) is 24.3 Å². The van der Waals surface area contributed by atoms with E-state index in [1.165, 1.54) is 23.2 Å². The van der Waals surface area contributed by atoms with Crippen LogP contribution >= 0.6 is 23.1 Å². The Kier molecular flexibility index (Phi) is 6.56. The van der Waals surface area contributed by atoms with Gasteiger partial charge < -0.3 is 10.0 Å². The first-order valence-electron chi connectivity index (χ1n) is 7.64. The standard InChI is InChI=1S/C16H19NO5S2/c1-10(18)24-11(8-13(19)14-5-3-7-23-14)9-15(20)17-6-2-4-12(17)16(21)22/h3,5,7,11-12H,2,4,6,8-9H2,1H3,(H,21,22)/t11?,12-/m0/s1. The van der Waals surface area contributed by atoms with Gasteiger partial charge in [0, 0.05) is 31.6 Å². The lowest BCUT2D eigenvalue weighted by Gasteiger charge is -2.23. The number of carboxylic acid groups (broad SMARTS) is 1. The van der Waals surface area contributed by atoms with Crippen LogP contribution in [-0.2, 0) is 14.4 Å². The summed E-state index contributed by atoms with van der Waals surface area (Å²) in [7, 11) is 0. The molecule has 24 heavy (non-hydrogen) atoms. The monoisotopic (exact) mass is 369 g/mol. The molecule has 0 bridgehead atoms. The molecule has 0 aliphatic carbocycles. The molecule has 1 aliphatic rings. The highest BCUT2D eigenvalue weighted by Gasteiger charge is 2.35. The van der Waals surface area contributed by atoms with Gasteiger partial charge in [0.2, 0.25) is 5.91 Å². The van der Waals surface area contributed by atoms with Crippen molar-refractivity contribution < 1.29 is 24.3 Å². The second-order valence-electron chi connectivity index (χ2n) is 5.62. The molecule has 1 aromatic rings. The molecule has 2 rings (SSSR count). The lowest BCUT2D eigenvalue weighted by molar-refractivity contribution is -0.148. The number of thiophene rings is 1. The van der Waals surface area contributed by atoms with E-state index in [4.69, 9.17) is 0 Å². The number of Topliss-reactive ketones (excluding diaryl/α,β-unsaturated/α-hetero) is 1. The number of nitrogens with zero attached hydrogens (tertiary/aromatic N) is 1. The number of hydrogen-bond acceptors (Lipinski definition) is 6. The normalized spacial score (nSPS) is 18.4. The highest BCUT2D eigenvalue weighted by Crippen LogP contribution is 2.26. The van der Waals surface area contributed by atoms with Crippen LogP contribution in [-0.4, -0.2) is 50.6 Å². The predicted octanol–water partition coefficient (Wildman–Crippen LogP) is 2.43. The Balaban J connectivity index is 2.02. The van der Waals surface area contributed by atoms with Crippen LogP contribution in [0.25, 0.3) is 0 Å². The maximum Gasteiger partial charge on any atom is 0.326 e. The van der Waals surface area contributed by atoms with E-state index in [0.29, 0.717) is 24.3 Å². The van der Waals surface area contributed by atoms with E-state index in [9.17, 15) is 24.3 Å². The van der Waals surface area contributed by atoms with Gasteiger partial charge in [-0.15, -0.1) is 11.3 Å². The van der Waals surface area contributed by atoms with Crippen molar-refractivity contribution in [2.45, 2.75) is 43.9 Å². The van der Waals surface area contributed by atoms with Crippen molar-refractivity contribution in [2.75, 3.05) is 6.54 Å². The third kappa shape index (κ3) is 4.91. The molecule has 0 radical (unpaired) electrons. The number of hydrogen-bond donors (Lipinski definition) is 1. The summed E-state index contributed by atoms with van der Waals surface area (Å²) in [6.07, 6.45) is 1.17. The largest absolute Gasteiger partial charge is 0.480 e. The molecule has 1 saturated heterocycles. The van der Waals surface area contributed by atoms with Crippen molar-refractivity contribution in [3.8, 4) is 0 Å². The van der Waals surface area contributed by atoms with Gasteiger partial charge in [-0.2, -0.15) is 0 Å². The fraction of sp³-hybridized carbons (Fsp3) is 0.500. The number of aliphatic carboxylic acids is 1. The van der Waals surface area contributed by atoms with Crippen molar-refractivity contribution in [2.24, 2.45) is 0 Å². The van der Waals surface area contributed by atoms with Crippen LogP contribution in [0.4, 0.5) is 0 Å². The molecule has 0 aromatic carbocycles. The first-order valence-corrected chi connectivity index (χ1v) is 9.40. The number of carbonyl (C=O) groups is 4. The quantitative estimate of drug-likeness (QED) is 0.742. The summed E-state index contributed by atoms with van der Waals surface area (Å²) in [5.74, 6) is -1.42. The van der Waals surface area contributed by atoms with Gasteiger partial charge in [0.15, 0.2) is 10.9 Å². The third-order valence-corrected chi connectivity index (χ3v) is 5.71. The minimum Gasteiger partial charge on any atom is -0.480 e. The fourth-order valence-electron chi connectivity index (χ4n) is 2.77. The number of ketones is 1. The zero-order valence-corrected chi connectivity index (χ0v) is 14.9. The van der Waals surface area contributed by atoms with Crippen LogP contribution < -0.4 is 0 Å². The van der Waals surface area contributed by atoms with E-state index < -0.39 is 17.3 Å². The highest BCUT2D eigenvalue weighted by molar-refractivity contribution is 8.14. The average Bonchev–Trinajstić information content (AvgIpc) is 3.18. The highest BCUT2D eigenvalue weighted by atomic mass is 32.2. The Morgan fingerprint density at radius 1 is 1.38 bits per heavy atom. The number of carboxylic acids is 1. The number of rotatable bonds is 7. The summed E-state index contributed by atoms with van der Waals surface area (Å²) >= 11 is 2.30. The smallest absolute Gasteiger partial charge is 0.326 e. The van der Waals surface area contributed by atoms with Crippen LogP contribution in [0.3, 0.4) is 0 Å². The Bertz CT molecular complexity index is 628. The molecule has 1 aromatic heterocycles. The molecule has 1 amide bonds. The lowest BCUT2D eigenvalue weighted by Crippen LogP contribution is -2.41. The van der Waals surface area contributed by atoms with E-state index in [0.717, 1.165) is 11.8 Å². The van der Waals surface area contributed by atoms with Crippen LogP contribution in [0.15, 0.2) is 17.5 Å². The summed E-state index contributed by atoms with van der Waals surface area (Å²) in [4.78, 5) is 49.3. The first kappa shape index (κ1) is 18.7. The summed E-state index contributed by atoms with van der Waals surface area (Å²) < 4.78 is 0. The second kappa shape index (κ2) is 8.43. The Hall–Kier alpha value is -1.67. The molecule has 2 atom stereocenters. The third-order valence-electron chi connectivity index (χ3n) is 3.80. The maximum absolute atomic E-state index is 12.4. The molecular weight excluding hydrogens is 350 g/mol. The Morgan fingerprint density at radius 3 is 2.71 bits per heavy atom. The molecule has 0 saturated carbocycles. The fourth-order valence-corrected chi connectivity index (χ4v) is 4.37. The topological polar surface area (TPSA) is 91.8 Å². The van der Waals surface area contributed by atoms with E-state index in [1.807, 2.05) is 0 Å². The van der Waals surface area contributed by atoms with Crippen LogP contribution in [0, 0.1) is 0 Å². The zero-order valence-electron chi connectivity index (χ0n) is 13.3. The first-order chi connectivity index (χ1) is 11.4. The summed E-state index contributed by atoms with van der Waals surface area (Å²) in [5.41, 5.74) is 0. The van der Waals surface area contributed by atoms with Gasteiger partial charge in [-0.25, -0.2) is 4.79 Å². The molecule has 1 aliphatic heterocycles. The second-order valence-corrected chi connectivity index (χ2v) is 8.05. The van der Waals surface area contributed by atoms with Gasteiger partial charge in [0.05, 0.1) is 4.88 Å². The molecule has 1 N–H and O–H groups in total. The molecule has 6 nitrogen and oxygen atoms in total. The molecule has 130 valence electrons. The molecule has 0 spiro atoms. The summed E-state index contributed by atoms with van der Waals surface area (Å²) in [6.45, 7) is 1.81. The number of likely N-dealkylation sites (tertiary alicyclic amines) is 1. The number of carbonyl (C=O) groups excluding carboxylic acids is 3. The minimum absolute atomic E-state index is 0.00879. The van der Waals surface area contributed by atoms with Crippen molar-refractivity contribution in [3.05, 3.63) is 22.4 Å². The maximum atomic E-state index is 12.4. The van der Waals surface area contributed by atoms with Gasteiger partial charge >= 0.3 is 5.97 Å². The van der Waals surface area contributed by atoms with Crippen molar-refractivity contribution >= 4 is 45.9 Å². The van der Waals surface area contributed by atoms with E-state index in [-0.39, 0.29) is 29.6 Å². The zero-order chi connectivity index (χ0) is 17.7. The molecule has 1 fully saturated rings. The van der Waals surface area contributed by atoms with Crippen LogP contribution in [0.1, 0.15) is 42.3 Å². The molecule has 8 heteroatoms. The van der Waals surface area contributed by atoms with E-state index >= 15 is 0 Å². The lowest BCUT2D eigenvalue weighted by atomic mass is 10.1. The van der Waals surface area contributed by atoms with Gasteiger partial charge in [-0.1, -0.05) is 17.8 Å². The van der Waals surface area contributed by atoms with Gasteiger partial charge in [-0.3, -0.25) is 14.4 Å². The Labute approximate surface area is 148 Å². The molecular formula is C16H19NO5S2. The number of thioether (sulfide) groups is 1.